The van der Waals surface area contributed by atoms with Crippen LogP contribution in [0.4, 0.5) is 0 Å². The lowest BCUT2D eigenvalue weighted by Gasteiger charge is -2.23. The van der Waals surface area contributed by atoms with Crippen molar-refractivity contribution in [3.05, 3.63) is 28.3 Å². The SMILES string of the molecule is CCCC(C)(O)Cc1cc(Cl)cc2c1OCC2. The lowest BCUT2D eigenvalue weighted by atomic mass is 9.91. The van der Waals surface area contributed by atoms with Crippen LogP contribution in [0.15, 0.2) is 12.1 Å². The van der Waals surface area contributed by atoms with Crippen LogP contribution in [0, 0.1) is 0 Å². The largest absolute Gasteiger partial charge is 0.493 e. The number of aliphatic hydroxyl groups is 1. The van der Waals surface area contributed by atoms with E-state index in [1.165, 1.54) is 5.56 Å². The van der Waals surface area contributed by atoms with E-state index in [-0.39, 0.29) is 0 Å². The van der Waals surface area contributed by atoms with E-state index in [1.807, 2.05) is 19.1 Å². The summed E-state index contributed by atoms with van der Waals surface area (Å²) in [6, 6.07) is 3.87. The first-order valence-electron chi connectivity index (χ1n) is 6.18. The van der Waals surface area contributed by atoms with Gasteiger partial charge in [-0.2, -0.15) is 0 Å². The van der Waals surface area contributed by atoms with Gasteiger partial charge in [0, 0.05) is 17.9 Å². The average Bonchev–Trinajstić information content (AvgIpc) is 2.64. The van der Waals surface area contributed by atoms with Gasteiger partial charge in [-0.1, -0.05) is 24.9 Å². The van der Waals surface area contributed by atoms with Crippen molar-refractivity contribution in [1.29, 1.82) is 0 Å². The zero-order chi connectivity index (χ0) is 12.5. The van der Waals surface area contributed by atoms with Gasteiger partial charge in [0.1, 0.15) is 5.75 Å². The molecule has 0 amide bonds. The van der Waals surface area contributed by atoms with E-state index in [1.54, 1.807) is 0 Å². The number of ether oxygens (including phenoxy) is 1. The summed E-state index contributed by atoms with van der Waals surface area (Å²) in [6.45, 7) is 4.67. The summed E-state index contributed by atoms with van der Waals surface area (Å²) >= 11 is 6.10. The van der Waals surface area contributed by atoms with Crippen LogP contribution in [0.5, 0.6) is 5.75 Å². The van der Waals surface area contributed by atoms with Crippen molar-refractivity contribution < 1.29 is 9.84 Å². The summed E-state index contributed by atoms with van der Waals surface area (Å²) in [5.74, 6) is 0.936. The Kier molecular flexibility index (Phi) is 3.64. The van der Waals surface area contributed by atoms with E-state index in [0.717, 1.165) is 42.2 Å². The molecule has 1 atom stereocenters. The van der Waals surface area contributed by atoms with Gasteiger partial charge >= 0.3 is 0 Å². The molecule has 1 unspecified atom stereocenters. The van der Waals surface area contributed by atoms with Crippen LogP contribution in [0.2, 0.25) is 5.02 Å². The molecule has 1 aliphatic rings. The maximum absolute atomic E-state index is 10.3. The molecule has 3 heteroatoms. The fourth-order valence-corrected chi connectivity index (χ4v) is 2.78. The minimum Gasteiger partial charge on any atom is -0.493 e. The molecular weight excluding hydrogens is 236 g/mol. The number of hydrogen-bond donors (Lipinski definition) is 1. The lowest BCUT2D eigenvalue weighted by molar-refractivity contribution is 0.0499. The summed E-state index contributed by atoms with van der Waals surface area (Å²) < 4.78 is 5.64. The first kappa shape index (κ1) is 12.7. The highest BCUT2D eigenvalue weighted by atomic mass is 35.5. The molecule has 17 heavy (non-hydrogen) atoms. The molecule has 1 N–H and O–H groups in total. The van der Waals surface area contributed by atoms with Gasteiger partial charge in [0.2, 0.25) is 0 Å². The lowest BCUT2D eigenvalue weighted by Crippen LogP contribution is -2.27. The van der Waals surface area contributed by atoms with Gasteiger partial charge in [-0.05, 0) is 36.6 Å². The standard InChI is InChI=1S/C14H19ClO2/c1-3-5-14(2,16)9-11-8-12(15)7-10-4-6-17-13(10)11/h7-8,16H,3-6,9H2,1-2H3. The maximum Gasteiger partial charge on any atom is 0.126 e. The second kappa shape index (κ2) is 4.87. The predicted octanol–water partition coefficient (Wildman–Crippen LogP) is 3.37. The molecule has 2 nitrogen and oxygen atoms in total. The van der Waals surface area contributed by atoms with E-state index in [9.17, 15) is 5.11 Å². The quantitative estimate of drug-likeness (QED) is 0.893. The molecule has 0 spiro atoms. The van der Waals surface area contributed by atoms with E-state index >= 15 is 0 Å². The Labute approximate surface area is 108 Å². The second-order valence-electron chi connectivity index (χ2n) is 5.08. The van der Waals surface area contributed by atoms with Crippen molar-refractivity contribution in [2.24, 2.45) is 0 Å². The highest BCUT2D eigenvalue weighted by molar-refractivity contribution is 6.30. The Bertz CT molecular complexity index is 413. The van der Waals surface area contributed by atoms with Crippen LogP contribution in [-0.2, 0) is 12.8 Å². The third kappa shape index (κ3) is 2.93. The fraction of sp³-hybridized carbons (Fsp3) is 0.571. The molecule has 0 bridgehead atoms. The Hall–Kier alpha value is -0.730. The minimum absolute atomic E-state index is 0.601. The molecule has 1 aromatic carbocycles. The van der Waals surface area contributed by atoms with E-state index in [4.69, 9.17) is 16.3 Å². The van der Waals surface area contributed by atoms with Gasteiger partial charge in [-0.3, -0.25) is 0 Å². The molecule has 1 aromatic rings. The zero-order valence-corrected chi connectivity index (χ0v) is 11.2. The predicted molar refractivity (Wildman–Crippen MR) is 69.9 cm³/mol. The Balaban J connectivity index is 2.27. The maximum atomic E-state index is 10.3. The average molecular weight is 255 g/mol. The first-order valence-corrected chi connectivity index (χ1v) is 6.56. The third-order valence-corrected chi connectivity index (χ3v) is 3.40. The van der Waals surface area contributed by atoms with Crippen molar-refractivity contribution in [2.45, 2.75) is 45.1 Å². The second-order valence-corrected chi connectivity index (χ2v) is 5.51. The van der Waals surface area contributed by atoms with Gasteiger partial charge < -0.3 is 9.84 Å². The summed E-state index contributed by atoms with van der Waals surface area (Å²) in [6.07, 6.45) is 3.27. The van der Waals surface area contributed by atoms with Crippen LogP contribution in [0.3, 0.4) is 0 Å². The topological polar surface area (TPSA) is 29.5 Å². The fourth-order valence-electron chi connectivity index (χ4n) is 2.51. The normalized spacial score (nSPS) is 17.4. The van der Waals surface area contributed by atoms with Crippen molar-refractivity contribution in [3.8, 4) is 5.75 Å². The van der Waals surface area contributed by atoms with Crippen LogP contribution in [0.25, 0.3) is 0 Å². The van der Waals surface area contributed by atoms with Crippen LogP contribution < -0.4 is 4.74 Å². The van der Waals surface area contributed by atoms with E-state index in [0.29, 0.717) is 6.42 Å². The molecule has 0 aromatic heterocycles. The summed E-state index contributed by atoms with van der Waals surface area (Å²) in [7, 11) is 0. The Morgan fingerprint density at radius 2 is 2.24 bits per heavy atom. The highest BCUT2D eigenvalue weighted by Crippen LogP contribution is 2.35. The monoisotopic (exact) mass is 254 g/mol. The molecule has 1 aliphatic heterocycles. The molecule has 0 fully saturated rings. The summed E-state index contributed by atoms with van der Waals surface area (Å²) in [5, 5.41) is 11.0. The molecule has 0 saturated carbocycles. The zero-order valence-electron chi connectivity index (χ0n) is 10.4. The van der Waals surface area contributed by atoms with Gasteiger partial charge in [0.15, 0.2) is 0 Å². The molecule has 0 aliphatic carbocycles. The Morgan fingerprint density at radius 1 is 1.47 bits per heavy atom. The van der Waals surface area contributed by atoms with Gasteiger partial charge in [-0.25, -0.2) is 0 Å². The van der Waals surface area contributed by atoms with Crippen molar-refractivity contribution >= 4 is 11.6 Å². The number of fused-ring (bicyclic) bond motifs is 1. The number of benzene rings is 1. The van der Waals surface area contributed by atoms with Gasteiger partial charge in [0.25, 0.3) is 0 Å². The molecule has 0 radical (unpaired) electrons. The van der Waals surface area contributed by atoms with E-state index < -0.39 is 5.60 Å². The molecule has 2 rings (SSSR count). The highest BCUT2D eigenvalue weighted by Gasteiger charge is 2.25. The number of halogens is 1. The number of rotatable bonds is 4. The third-order valence-electron chi connectivity index (χ3n) is 3.19. The smallest absolute Gasteiger partial charge is 0.126 e. The van der Waals surface area contributed by atoms with Crippen LogP contribution in [-0.4, -0.2) is 17.3 Å². The van der Waals surface area contributed by atoms with Crippen molar-refractivity contribution in [3.63, 3.8) is 0 Å². The van der Waals surface area contributed by atoms with Crippen molar-refractivity contribution in [2.75, 3.05) is 6.61 Å². The Morgan fingerprint density at radius 3 is 2.94 bits per heavy atom. The van der Waals surface area contributed by atoms with E-state index in [2.05, 4.69) is 6.92 Å². The van der Waals surface area contributed by atoms with Crippen LogP contribution >= 0.6 is 11.6 Å². The van der Waals surface area contributed by atoms with Crippen molar-refractivity contribution in [1.82, 2.24) is 0 Å². The number of hydrogen-bond acceptors (Lipinski definition) is 2. The van der Waals surface area contributed by atoms with Crippen LogP contribution in [0.1, 0.15) is 37.8 Å². The molecule has 0 saturated heterocycles. The summed E-state index contributed by atoms with van der Waals surface area (Å²) in [5.41, 5.74) is 1.52. The molecule has 1 heterocycles. The summed E-state index contributed by atoms with van der Waals surface area (Å²) in [4.78, 5) is 0. The first-order chi connectivity index (χ1) is 8.02. The van der Waals surface area contributed by atoms with Gasteiger partial charge in [0.05, 0.1) is 12.2 Å². The molecular formula is C14H19ClO2. The molecule has 94 valence electrons. The van der Waals surface area contributed by atoms with Gasteiger partial charge in [-0.15, -0.1) is 0 Å². The minimum atomic E-state index is -0.681.